The van der Waals surface area contributed by atoms with Crippen LogP contribution in [0, 0.1) is 0 Å². The lowest BCUT2D eigenvalue weighted by Crippen LogP contribution is -2.29. The molecular weight excluding hydrogens is 224 g/mol. The van der Waals surface area contributed by atoms with Crippen molar-refractivity contribution in [3.05, 3.63) is 29.8 Å². The third-order valence-electron chi connectivity index (χ3n) is 3.49. The Morgan fingerprint density at radius 1 is 1.18 bits per heavy atom. The lowest BCUT2D eigenvalue weighted by molar-refractivity contribution is 0.326. The van der Waals surface area contributed by atoms with E-state index in [4.69, 9.17) is 0 Å². The van der Waals surface area contributed by atoms with Gasteiger partial charge in [-0.15, -0.1) is 0 Å². The fraction of sp³-hybridized carbons (Fsp3) is 0.571. The molecule has 17 heavy (non-hydrogen) atoms. The average Bonchev–Trinajstić information content (AvgIpc) is 2.39. The lowest BCUT2D eigenvalue weighted by Gasteiger charge is -2.22. The minimum Gasteiger partial charge on any atom is -0.372 e. The summed E-state index contributed by atoms with van der Waals surface area (Å²) in [4.78, 5) is 2.39. The Balaban J connectivity index is 2.70. The summed E-state index contributed by atoms with van der Waals surface area (Å²) >= 11 is 0. The summed E-state index contributed by atoms with van der Waals surface area (Å²) in [5.41, 5.74) is 3.57. The number of rotatable bonds is 7. The smallest absolute Gasteiger partial charge is 0.0678 e. The first kappa shape index (κ1) is 14.3. The maximum atomic E-state index is 3.58. The normalized spacial score (nSPS) is 12.9. The highest BCUT2D eigenvalue weighted by molar-refractivity contribution is 6.12. The van der Waals surface area contributed by atoms with Crippen LogP contribution in [-0.2, 0) is 0 Å². The second-order valence-corrected chi connectivity index (χ2v) is 5.93. The first-order valence-corrected chi connectivity index (χ1v) is 7.93. The quantitative estimate of drug-likeness (QED) is 0.590. The first-order valence-electron chi connectivity index (χ1n) is 6.78. The highest BCUT2D eigenvalue weighted by Crippen LogP contribution is 2.24. The molecule has 2 nitrogen and oxygen atoms in total. The molecule has 1 aromatic rings. The van der Waals surface area contributed by atoms with Crippen LogP contribution in [0.25, 0.3) is 0 Å². The zero-order chi connectivity index (χ0) is 12.7. The van der Waals surface area contributed by atoms with E-state index in [-0.39, 0.29) is 0 Å². The Kier molecular flexibility index (Phi) is 6.30. The molecule has 0 spiro atoms. The van der Waals surface area contributed by atoms with E-state index in [0.717, 1.165) is 25.3 Å². The molecule has 0 aliphatic carbocycles. The van der Waals surface area contributed by atoms with E-state index >= 15 is 0 Å². The predicted octanol–water partition coefficient (Wildman–Crippen LogP) is 2.21. The molecule has 0 amide bonds. The molecule has 0 bridgehead atoms. The summed E-state index contributed by atoms with van der Waals surface area (Å²) in [5.74, 6) is 0. The van der Waals surface area contributed by atoms with Gasteiger partial charge in [-0.3, -0.25) is 4.90 Å². The van der Waals surface area contributed by atoms with Crippen LogP contribution in [0.1, 0.15) is 38.3 Å². The molecule has 0 aliphatic heterocycles. The second-order valence-electron chi connectivity index (χ2n) is 4.53. The van der Waals surface area contributed by atoms with Crippen LogP contribution in [0.2, 0.25) is 0 Å². The van der Waals surface area contributed by atoms with E-state index in [0.29, 0.717) is 0 Å². The van der Waals surface area contributed by atoms with E-state index in [1.165, 1.54) is 27.9 Å². The van der Waals surface area contributed by atoms with Crippen molar-refractivity contribution < 1.29 is 0 Å². The molecule has 0 saturated carbocycles. The Bertz CT molecular complexity index is 324. The molecule has 0 radical (unpaired) electrons. The van der Waals surface area contributed by atoms with Crippen LogP contribution >= 0.6 is 0 Å². The summed E-state index contributed by atoms with van der Waals surface area (Å²) in [5, 5.41) is 3.58. The average molecular weight is 250 g/mol. The maximum absolute atomic E-state index is 3.58. The lowest BCUT2D eigenvalue weighted by atomic mass is 10.1. The van der Waals surface area contributed by atoms with Crippen molar-refractivity contribution in [2.45, 2.75) is 32.7 Å². The Labute approximate surface area is 109 Å². The molecule has 0 aliphatic rings. The van der Waals surface area contributed by atoms with E-state index in [1.807, 2.05) is 0 Å². The van der Waals surface area contributed by atoms with Crippen molar-refractivity contribution in [3.8, 4) is 0 Å². The number of anilines is 1. The van der Waals surface area contributed by atoms with Crippen LogP contribution in [-0.4, -0.2) is 34.9 Å². The van der Waals surface area contributed by atoms with Gasteiger partial charge in [0.15, 0.2) is 0 Å². The molecule has 0 saturated heterocycles. The topological polar surface area (TPSA) is 15.3 Å². The summed E-state index contributed by atoms with van der Waals surface area (Å²) in [6.07, 6.45) is 1.25. The minimum atomic E-state index is 0.760. The van der Waals surface area contributed by atoms with Gasteiger partial charge < -0.3 is 5.32 Å². The molecule has 0 aromatic heterocycles. The Morgan fingerprint density at radius 3 is 2.41 bits per heavy atom. The van der Waals surface area contributed by atoms with Gasteiger partial charge in [0.05, 0.1) is 6.67 Å². The number of hydrogen-bond donors (Lipinski definition) is 1. The van der Waals surface area contributed by atoms with Gasteiger partial charge in [0.1, 0.15) is 0 Å². The molecule has 96 valence electrons. The van der Waals surface area contributed by atoms with Gasteiger partial charge in [-0.1, -0.05) is 45.4 Å². The molecule has 1 aromatic carbocycles. The van der Waals surface area contributed by atoms with Gasteiger partial charge in [-0.25, -0.2) is 0 Å². The highest BCUT2D eigenvalue weighted by atomic mass is 28.1. The van der Waals surface area contributed by atoms with E-state index < -0.39 is 0 Å². The van der Waals surface area contributed by atoms with Crippen molar-refractivity contribution in [2.24, 2.45) is 0 Å². The number of nitrogens with one attached hydrogen (secondary N) is 1. The Hall–Kier alpha value is -0.803. The van der Waals surface area contributed by atoms with Gasteiger partial charge in [0, 0.05) is 15.9 Å². The zero-order valence-electron chi connectivity index (χ0n) is 11.7. The van der Waals surface area contributed by atoms with Gasteiger partial charge in [0.25, 0.3) is 0 Å². The largest absolute Gasteiger partial charge is 0.372 e. The van der Waals surface area contributed by atoms with Crippen LogP contribution in [0.5, 0.6) is 0 Å². The van der Waals surface area contributed by atoms with Gasteiger partial charge >= 0.3 is 0 Å². The van der Waals surface area contributed by atoms with Crippen molar-refractivity contribution in [1.82, 2.24) is 4.90 Å². The molecule has 1 N–H and O–H groups in total. The third-order valence-corrected chi connectivity index (χ3v) is 4.93. The molecular formula is C14H26N2Si. The molecule has 1 atom stereocenters. The molecule has 0 heterocycles. The number of benzene rings is 1. The fourth-order valence-electron chi connectivity index (χ4n) is 1.95. The standard InChI is InChI=1S/C14H26N2Si/c1-4-14(17)12-9-7-8-10-13(12)15-11-16(5-2)6-3/h7-10,14-15H,4-6,11H2,1-3,17H3. The fourth-order valence-corrected chi connectivity index (χ4v) is 2.46. The SMILES string of the molecule is CCC([SiH3])c1ccccc1NCN(CC)CC. The van der Waals surface area contributed by atoms with E-state index in [1.54, 1.807) is 0 Å². The van der Waals surface area contributed by atoms with E-state index in [9.17, 15) is 0 Å². The summed E-state index contributed by atoms with van der Waals surface area (Å²) in [7, 11) is 1.23. The third kappa shape index (κ3) is 4.17. The number of hydrogen-bond acceptors (Lipinski definition) is 2. The predicted molar refractivity (Wildman–Crippen MR) is 80.8 cm³/mol. The van der Waals surface area contributed by atoms with Gasteiger partial charge in [-0.05, 0) is 30.3 Å². The minimum absolute atomic E-state index is 0.760. The van der Waals surface area contributed by atoms with Crippen molar-refractivity contribution in [3.63, 3.8) is 0 Å². The van der Waals surface area contributed by atoms with Crippen LogP contribution in [0.3, 0.4) is 0 Å². The van der Waals surface area contributed by atoms with Gasteiger partial charge in [0.2, 0.25) is 0 Å². The van der Waals surface area contributed by atoms with Crippen molar-refractivity contribution >= 4 is 15.9 Å². The highest BCUT2D eigenvalue weighted by Gasteiger charge is 2.08. The maximum Gasteiger partial charge on any atom is 0.0678 e. The molecule has 1 rings (SSSR count). The molecule has 1 unspecified atom stereocenters. The second kappa shape index (κ2) is 7.51. The molecule has 3 heteroatoms. The van der Waals surface area contributed by atoms with Crippen LogP contribution in [0.4, 0.5) is 5.69 Å². The number of para-hydroxylation sites is 1. The zero-order valence-corrected chi connectivity index (χ0v) is 13.7. The van der Waals surface area contributed by atoms with Gasteiger partial charge in [-0.2, -0.15) is 0 Å². The van der Waals surface area contributed by atoms with Crippen LogP contribution < -0.4 is 5.32 Å². The summed E-state index contributed by atoms with van der Waals surface area (Å²) in [6, 6.07) is 8.75. The summed E-state index contributed by atoms with van der Waals surface area (Å²) < 4.78 is 0. The first-order chi connectivity index (χ1) is 8.22. The van der Waals surface area contributed by atoms with Crippen molar-refractivity contribution in [2.75, 3.05) is 25.1 Å². The van der Waals surface area contributed by atoms with Crippen molar-refractivity contribution in [1.29, 1.82) is 0 Å². The Morgan fingerprint density at radius 2 is 1.82 bits per heavy atom. The monoisotopic (exact) mass is 250 g/mol. The van der Waals surface area contributed by atoms with Crippen LogP contribution in [0.15, 0.2) is 24.3 Å². The molecule has 0 fully saturated rings. The van der Waals surface area contributed by atoms with E-state index in [2.05, 4.69) is 55.3 Å². The summed E-state index contributed by atoms with van der Waals surface area (Å²) in [6.45, 7) is 9.84. The number of nitrogens with zero attached hydrogens (tertiary/aromatic N) is 1.